The molecule has 1 saturated heterocycles. The van der Waals surface area contributed by atoms with E-state index in [4.69, 9.17) is 4.74 Å². The van der Waals surface area contributed by atoms with Gasteiger partial charge in [-0.05, 0) is 12.1 Å². The summed E-state index contributed by atoms with van der Waals surface area (Å²) < 4.78 is 31.8. The smallest absolute Gasteiger partial charge is 0.243 e. The molecule has 7 heteroatoms. The van der Waals surface area contributed by atoms with Crippen LogP contribution in [0, 0.1) is 0 Å². The number of carbonyl (C=O) groups excluding carboxylic acids is 1. The fourth-order valence-corrected chi connectivity index (χ4v) is 3.90. The first-order chi connectivity index (χ1) is 10.0. The van der Waals surface area contributed by atoms with Crippen LogP contribution in [0.5, 0.6) is 0 Å². The number of benzene rings is 1. The van der Waals surface area contributed by atoms with E-state index in [1.807, 2.05) is 0 Å². The Labute approximate surface area is 124 Å². The summed E-state index contributed by atoms with van der Waals surface area (Å²) in [5, 5.41) is 9.31. The summed E-state index contributed by atoms with van der Waals surface area (Å²) >= 11 is 0. The van der Waals surface area contributed by atoms with Crippen molar-refractivity contribution in [2.24, 2.45) is 0 Å². The number of rotatable bonds is 5. The molecule has 0 bridgehead atoms. The lowest BCUT2D eigenvalue weighted by Gasteiger charge is -2.33. The minimum absolute atomic E-state index is 0.0714. The van der Waals surface area contributed by atoms with Gasteiger partial charge >= 0.3 is 0 Å². The molecule has 1 aromatic rings. The third kappa shape index (κ3) is 3.32. The third-order valence-corrected chi connectivity index (χ3v) is 5.42. The predicted molar refractivity (Wildman–Crippen MR) is 76.6 cm³/mol. The standard InChI is InChI=1S/C14H19NO5S/c1-2-14(17)11-4-3-5-13(8-11)21(18,19)15-6-7-20-10-12(15)9-16/h3-5,8,12,16H,2,6-7,9-10H2,1H3. The van der Waals surface area contributed by atoms with Crippen molar-refractivity contribution in [1.82, 2.24) is 4.31 Å². The molecule has 116 valence electrons. The monoisotopic (exact) mass is 313 g/mol. The van der Waals surface area contributed by atoms with Crippen LogP contribution in [0.3, 0.4) is 0 Å². The fourth-order valence-electron chi connectivity index (χ4n) is 2.27. The SMILES string of the molecule is CCC(=O)c1cccc(S(=O)(=O)N2CCOCC2CO)c1. The van der Waals surface area contributed by atoms with E-state index in [1.165, 1.54) is 16.4 Å². The zero-order valence-corrected chi connectivity index (χ0v) is 12.7. The normalized spacial score (nSPS) is 20.4. The first-order valence-corrected chi connectivity index (χ1v) is 8.28. The number of aliphatic hydroxyl groups is 1. The molecule has 0 aliphatic carbocycles. The van der Waals surface area contributed by atoms with Crippen LogP contribution in [0.2, 0.25) is 0 Å². The van der Waals surface area contributed by atoms with Crippen LogP contribution in [0.15, 0.2) is 29.2 Å². The zero-order valence-electron chi connectivity index (χ0n) is 11.9. The Morgan fingerprint density at radius 1 is 1.48 bits per heavy atom. The van der Waals surface area contributed by atoms with Gasteiger partial charge in [-0.15, -0.1) is 0 Å². The lowest BCUT2D eigenvalue weighted by Crippen LogP contribution is -2.50. The summed E-state index contributed by atoms with van der Waals surface area (Å²) in [4.78, 5) is 11.8. The van der Waals surface area contributed by atoms with E-state index >= 15 is 0 Å². The van der Waals surface area contributed by atoms with E-state index in [1.54, 1.807) is 19.1 Å². The number of Topliss-reactive ketones (excluding diaryl/α,β-unsaturated/α-hetero) is 1. The Balaban J connectivity index is 2.36. The number of nitrogens with zero attached hydrogens (tertiary/aromatic N) is 1. The first-order valence-electron chi connectivity index (χ1n) is 6.84. The van der Waals surface area contributed by atoms with Gasteiger partial charge < -0.3 is 9.84 Å². The summed E-state index contributed by atoms with van der Waals surface area (Å²) in [7, 11) is -3.75. The molecule has 0 radical (unpaired) electrons. The third-order valence-electron chi connectivity index (χ3n) is 3.47. The van der Waals surface area contributed by atoms with E-state index < -0.39 is 16.1 Å². The molecule has 0 saturated carbocycles. The minimum atomic E-state index is -3.75. The Hall–Kier alpha value is -1.28. The number of morpholine rings is 1. The number of hydrogen-bond donors (Lipinski definition) is 1. The second-order valence-corrected chi connectivity index (χ2v) is 6.72. The molecular formula is C14H19NO5S. The van der Waals surface area contributed by atoms with Crippen molar-refractivity contribution in [1.29, 1.82) is 0 Å². The van der Waals surface area contributed by atoms with Crippen LogP contribution in [0.25, 0.3) is 0 Å². The molecule has 1 aromatic carbocycles. The Kier molecular flexibility index (Phi) is 5.10. The maximum atomic E-state index is 12.7. The second-order valence-electron chi connectivity index (χ2n) is 4.83. The largest absolute Gasteiger partial charge is 0.395 e. The molecule has 0 aromatic heterocycles. The highest BCUT2D eigenvalue weighted by molar-refractivity contribution is 7.89. The minimum Gasteiger partial charge on any atom is -0.395 e. The van der Waals surface area contributed by atoms with Crippen molar-refractivity contribution in [3.05, 3.63) is 29.8 Å². The van der Waals surface area contributed by atoms with Crippen molar-refractivity contribution in [2.45, 2.75) is 24.3 Å². The molecule has 1 aliphatic heterocycles. The van der Waals surface area contributed by atoms with Gasteiger partial charge in [0.25, 0.3) is 0 Å². The van der Waals surface area contributed by atoms with Crippen LogP contribution in [-0.4, -0.2) is 56.0 Å². The Morgan fingerprint density at radius 2 is 2.24 bits per heavy atom. The lowest BCUT2D eigenvalue weighted by molar-refractivity contribution is 0.0109. The van der Waals surface area contributed by atoms with Crippen molar-refractivity contribution in [3.8, 4) is 0 Å². The van der Waals surface area contributed by atoms with E-state index in [-0.39, 0.29) is 30.4 Å². The summed E-state index contributed by atoms with van der Waals surface area (Å²) in [5.74, 6) is -0.104. The molecule has 0 spiro atoms. The van der Waals surface area contributed by atoms with Gasteiger partial charge in [0.05, 0.1) is 30.8 Å². The number of carbonyl (C=O) groups is 1. The van der Waals surface area contributed by atoms with Crippen molar-refractivity contribution in [2.75, 3.05) is 26.4 Å². The van der Waals surface area contributed by atoms with Gasteiger partial charge in [0.2, 0.25) is 10.0 Å². The highest BCUT2D eigenvalue weighted by Gasteiger charge is 2.33. The average Bonchev–Trinajstić information content (AvgIpc) is 2.54. The molecule has 6 nitrogen and oxygen atoms in total. The molecule has 1 unspecified atom stereocenters. The lowest BCUT2D eigenvalue weighted by atomic mass is 10.1. The van der Waals surface area contributed by atoms with Gasteiger partial charge in [-0.3, -0.25) is 4.79 Å². The second kappa shape index (κ2) is 6.65. The van der Waals surface area contributed by atoms with Crippen LogP contribution in [0.4, 0.5) is 0 Å². The Bertz CT molecular complexity index is 614. The van der Waals surface area contributed by atoms with E-state index in [2.05, 4.69) is 0 Å². The number of ether oxygens (including phenoxy) is 1. The molecule has 1 N–H and O–H groups in total. The van der Waals surface area contributed by atoms with Crippen LogP contribution in [-0.2, 0) is 14.8 Å². The maximum Gasteiger partial charge on any atom is 0.243 e. The molecule has 2 rings (SSSR count). The average molecular weight is 313 g/mol. The van der Waals surface area contributed by atoms with Gasteiger partial charge in [-0.2, -0.15) is 4.31 Å². The molecule has 1 atom stereocenters. The van der Waals surface area contributed by atoms with E-state index in [0.717, 1.165) is 0 Å². The van der Waals surface area contributed by atoms with Crippen LogP contribution >= 0.6 is 0 Å². The van der Waals surface area contributed by atoms with E-state index in [9.17, 15) is 18.3 Å². The first kappa shape index (κ1) is 16.1. The number of hydrogen-bond acceptors (Lipinski definition) is 5. The Morgan fingerprint density at radius 3 is 2.90 bits per heavy atom. The van der Waals surface area contributed by atoms with Crippen molar-refractivity contribution < 1.29 is 23.1 Å². The van der Waals surface area contributed by atoms with Crippen LogP contribution in [0.1, 0.15) is 23.7 Å². The topological polar surface area (TPSA) is 83.9 Å². The maximum absolute atomic E-state index is 12.7. The summed E-state index contributed by atoms with van der Waals surface area (Å²) in [6, 6.07) is 5.43. The molecule has 1 heterocycles. The van der Waals surface area contributed by atoms with Gasteiger partial charge in [0.15, 0.2) is 5.78 Å². The fraction of sp³-hybridized carbons (Fsp3) is 0.500. The van der Waals surface area contributed by atoms with Crippen molar-refractivity contribution in [3.63, 3.8) is 0 Å². The van der Waals surface area contributed by atoms with E-state index in [0.29, 0.717) is 18.6 Å². The van der Waals surface area contributed by atoms with Gasteiger partial charge in [-0.1, -0.05) is 19.1 Å². The van der Waals surface area contributed by atoms with Gasteiger partial charge in [-0.25, -0.2) is 8.42 Å². The van der Waals surface area contributed by atoms with Gasteiger partial charge in [0, 0.05) is 18.5 Å². The summed E-state index contributed by atoms with van der Waals surface area (Å²) in [5.41, 5.74) is 0.382. The molecular weight excluding hydrogens is 294 g/mol. The molecule has 21 heavy (non-hydrogen) atoms. The highest BCUT2D eigenvalue weighted by Crippen LogP contribution is 2.21. The number of ketones is 1. The molecule has 1 aliphatic rings. The zero-order chi connectivity index (χ0) is 15.5. The number of aliphatic hydroxyl groups excluding tert-OH is 1. The molecule has 0 amide bonds. The van der Waals surface area contributed by atoms with Crippen molar-refractivity contribution >= 4 is 15.8 Å². The number of sulfonamides is 1. The predicted octanol–water partition coefficient (Wildman–Crippen LogP) is 0.661. The summed E-state index contributed by atoms with van der Waals surface area (Å²) in [6.45, 7) is 2.09. The van der Waals surface area contributed by atoms with Crippen LogP contribution < -0.4 is 0 Å². The summed E-state index contributed by atoms with van der Waals surface area (Å²) in [6.07, 6.45) is 0.320. The quantitative estimate of drug-likeness (QED) is 0.807. The van der Waals surface area contributed by atoms with Gasteiger partial charge in [0.1, 0.15) is 0 Å². The molecule has 1 fully saturated rings. The highest BCUT2D eigenvalue weighted by atomic mass is 32.2.